The largest absolute Gasteiger partial charge is 0.365 e. The summed E-state index contributed by atoms with van der Waals surface area (Å²) in [4.78, 5) is 22.9. The fraction of sp³-hybridized carbons (Fsp3) is 0.250. The molecule has 0 spiro atoms. The number of fused-ring (bicyclic) bond motifs is 3. The number of anilines is 1. The van der Waals surface area contributed by atoms with Crippen LogP contribution in [0.3, 0.4) is 0 Å². The van der Waals surface area contributed by atoms with E-state index in [1.165, 1.54) is 22.6 Å². The van der Waals surface area contributed by atoms with Crippen molar-refractivity contribution in [2.24, 2.45) is 0 Å². The van der Waals surface area contributed by atoms with Crippen molar-refractivity contribution >= 4 is 55.5 Å². The van der Waals surface area contributed by atoms with Gasteiger partial charge < -0.3 is 9.80 Å². The molecule has 1 atom stereocenters. The van der Waals surface area contributed by atoms with Crippen molar-refractivity contribution in [3.05, 3.63) is 70.2 Å². The molecule has 30 heavy (non-hydrogen) atoms. The SMILES string of the molecule is Cc1ccc(N2CCN(C(=O)c3cc4c(Cl)nc5ccccc5c4s3)C[C@H]2C)cc1. The quantitative estimate of drug-likeness (QED) is 0.375. The summed E-state index contributed by atoms with van der Waals surface area (Å²) < 4.78 is 1.03. The normalized spacial score (nSPS) is 17.1. The number of carbonyl (C=O) groups excluding carboxylic acids is 1. The zero-order valence-corrected chi connectivity index (χ0v) is 18.5. The number of hydrogen-bond acceptors (Lipinski definition) is 4. The Hall–Kier alpha value is -2.63. The van der Waals surface area contributed by atoms with Crippen molar-refractivity contribution < 1.29 is 4.79 Å². The standard InChI is InChI=1S/C24H22ClN3OS/c1-15-7-9-17(10-8-15)28-12-11-27(14-16(28)2)24(29)21-13-19-22(30-21)18-5-3-4-6-20(18)26-23(19)25/h3-10,13,16H,11-12,14H2,1-2H3/t16-/m1/s1. The van der Waals surface area contributed by atoms with Gasteiger partial charge in [-0.2, -0.15) is 0 Å². The highest BCUT2D eigenvalue weighted by molar-refractivity contribution is 7.21. The Kier molecular flexibility index (Phi) is 4.88. The van der Waals surface area contributed by atoms with Crippen molar-refractivity contribution in [3.63, 3.8) is 0 Å². The molecule has 152 valence electrons. The average Bonchev–Trinajstić information content (AvgIpc) is 3.20. The van der Waals surface area contributed by atoms with Crippen molar-refractivity contribution in [1.82, 2.24) is 9.88 Å². The first-order chi connectivity index (χ1) is 14.5. The summed E-state index contributed by atoms with van der Waals surface area (Å²) in [7, 11) is 0. The third-order valence-electron chi connectivity index (χ3n) is 5.81. The van der Waals surface area contributed by atoms with Crippen LogP contribution in [-0.2, 0) is 0 Å². The number of thiophene rings is 1. The maximum absolute atomic E-state index is 13.3. The van der Waals surface area contributed by atoms with Crippen LogP contribution in [0.4, 0.5) is 5.69 Å². The second-order valence-corrected chi connectivity index (χ2v) is 9.31. The lowest BCUT2D eigenvalue weighted by Crippen LogP contribution is -2.53. The number of piperazine rings is 1. The molecule has 2 aromatic carbocycles. The maximum Gasteiger partial charge on any atom is 0.264 e. The van der Waals surface area contributed by atoms with E-state index in [4.69, 9.17) is 11.6 Å². The monoisotopic (exact) mass is 435 g/mol. The molecule has 5 rings (SSSR count). The summed E-state index contributed by atoms with van der Waals surface area (Å²) in [6.07, 6.45) is 0. The summed E-state index contributed by atoms with van der Waals surface area (Å²) in [6.45, 7) is 6.51. The Bertz CT molecular complexity index is 1250. The van der Waals surface area contributed by atoms with Crippen LogP contribution in [0.25, 0.3) is 21.0 Å². The Morgan fingerprint density at radius 3 is 2.63 bits per heavy atom. The minimum absolute atomic E-state index is 0.0757. The van der Waals surface area contributed by atoms with Gasteiger partial charge in [0.25, 0.3) is 5.91 Å². The zero-order valence-electron chi connectivity index (χ0n) is 16.9. The Labute approximate surface area is 184 Å². The van der Waals surface area contributed by atoms with E-state index in [0.717, 1.165) is 32.4 Å². The number of hydrogen-bond donors (Lipinski definition) is 0. The van der Waals surface area contributed by atoms with Crippen LogP contribution in [0.5, 0.6) is 0 Å². The second-order valence-electron chi connectivity index (χ2n) is 7.90. The Morgan fingerprint density at radius 1 is 1.10 bits per heavy atom. The van der Waals surface area contributed by atoms with Crippen molar-refractivity contribution in [2.75, 3.05) is 24.5 Å². The first-order valence-corrected chi connectivity index (χ1v) is 11.3. The van der Waals surface area contributed by atoms with E-state index in [2.05, 4.69) is 48.0 Å². The van der Waals surface area contributed by atoms with Gasteiger partial charge in [-0.1, -0.05) is 47.5 Å². The molecule has 0 radical (unpaired) electrons. The van der Waals surface area contributed by atoms with Gasteiger partial charge in [0.1, 0.15) is 5.15 Å². The van der Waals surface area contributed by atoms with E-state index < -0.39 is 0 Å². The molecule has 0 bridgehead atoms. The molecule has 3 heterocycles. The number of aromatic nitrogens is 1. The maximum atomic E-state index is 13.3. The highest BCUT2D eigenvalue weighted by Crippen LogP contribution is 2.36. The first-order valence-electron chi connectivity index (χ1n) is 10.1. The van der Waals surface area contributed by atoms with E-state index >= 15 is 0 Å². The number of benzene rings is 2. The molecule has 4 aromatic rings. The fourth-order valence-corrected chi connectivity index (χ4v) is 5.65. The van der Waals surface area contributed by atoms with Gasteiger partial charge in [-0.25, -0.2) is 4.98 Å². The van der Waals surface area contributed by atoms with Crippen LogP contribution < -0.4 is 4.90 Å². The number of para-hydroxylation sites is 1. The van der Waals surface area contributed by atoms with E-state index in [1.807, 2.05) is 35.2 Å². The summed E-state index contributed by atoms with van der Waals surface area (Å²) in [6, 6.07) is 18.7. The number of amides is 1. The molecule has 0 saturated carbocycles. The third kappa shape index (κ3) is 3.32. The summed E-state index contributed by atoms with van der Waals surface area (Å²) in [5.74, 6) is 0.0757. The number of nitrogens with zero attached hydrogens (tertiary/aromatic N) is 3. The zero-order chi connectivity index (χ0) is 20.8. The topological polar surface area (TPSA) is 36.4 Å². The van der Waals surface area contributed by atoms with Crippen molar-refractivity contribution in [3.8, 4) is 0 Å². The van der Waals surface area contributed by atoms with Crippen LogP contribution >= 0.6 is 22.9 Å². The average molecular weight is 436 g/mol. The number of aryl methyl sites for hydroxylation is 1. The molecule has 2 aromatic heterocycles. The number of halogens is 1. The minimum atomic E-state index is 0.0757. The molecule has 0 unspecified atom stereocenters. The third-order valence-corrected chi connectivity index (χ3v) is 7.26. The fourth-order valence-electron chi connectivity index (χ4n) is 4.20. The van der Waals surface area contributed by atoms with Gasteiger partial charge >= 0.3 is 0 Å². The molecule has 0 N–H and O–H groups in total. The van der Waals surface area contributed by atoms with Gasteiger partial charge in [0.2, 0.25) is 0 Å². The molecule has 1 aliphatic rings. The van der Waals surface area contributed by atoms with Gasteiger partial charge in [0.15, 0.2) is 0 Å². The predicted molar refractivity (Wildman–Crippen MR) is 126 cm³/mol. The molecule has 1 amide bonds. The molecular weight excluding hydrogens is 414 g/mol. The van der Waals surface area contributed by atoms with Gasteiger partial charge in [0.05, 0.1) is 10.4 Å². The smallest absolute Gasteiger partial charge is 0.264 e. The number of carbonyl (C=O) groups is 1. The summed E-state index contributed by atoms with van der Waals surface area (Å²) in [5.41, 5.74) is 3.33. The van der Waals surface area contributed by atoms with Crippen molar-refractivity contribution in [2.45, 2.75) is 19.9 Å². The van der Waals surface area contributed by atoms with Crippen LogP contribution in [0.1, 0.15) is 22.2 Å². The van der Waals surface area contributed by atoms with Crippen LogP contribution in [0.15, 0.2) is 54.6 Å². The molecule has 1 fully saturated rings. The van der Waals surface area contributed by atoms with Gasteiger partial charge in [-0.15, -0.1) is 11.3 Å². The van der Waals surface area contributed by atoms with Crippen molar-refractivity contribution in [1.29, 1.82) is 0 Å². The van der Waals surface area contributed by atoms with Gasteiger partial charge in [0, 0.05) is 46.8 Å². The first kappa shape index (κ1) is 19.3. The molecule has 1 aliphatic heterocycles. The van der Waals surface area contributed by atoms with Gasteiger partial charge in [-0.3, -0.25) is 4.79 Å². The lowest BCUT2D eigenvalue weighted by Gasteiger charge is -2.41. The number of rotatable bonds is 2. The highest BCUT2D eigenvalue weighted by atomic mass is 35.5. The van der Waals surface area contributed by atoms with E-state index in [9.17, 15) is 4.79 Å². The predicted octanol–water partition coefficient (Wildman–Crippen LogP) is 5.76. The number of pyridine rings is 1. The van der Waals surface area contributed by atoms with E-state index in [0.29, 0.717) is 18.2 Å². The van der Waals surface area contributed by atoms with E-state index in [-0.39, 0.29) is 11.9 Å². The lowest BCUT2D eigenvalue weighted by molar-refractivity contribution is 0.0731. The minimum Gasteiger partial charge on any atom is -0.365 e. The van der Waals surface area contributed by atoms with Crippen LogP contribution in [-0.4, -0.2) is 41.5 Å². The Morgan fingerprint density at radius 2 is 1.87 bits per heavy atom. The van der Waals surface area contributed by atoms with E-state index in [1.54, 1.807) is 0 Å². The Balaban J connectivity index is 1.41. The molecule has 0 aliphatic carbocycles. The highest BCUT2D eigenvalue weighted by Gasteiger charge is 2.28. The van der Waals surface area contributed by atoms with Gasteiger partial charge in [-0.05, 0) is 38.1 Å². The van der Waals surface area contributed by atoms with Crippen LogP contribution in [0.2, 0.25) is 5.15 Å². The molecule has 6 heteroatoms. The molecule has 4 nitrogen and oxygen atoms in total. The van der Waals surface area contributed by atoms with Crippen LogP contribution in [0, 0.1) is 6.92 Å². The molecule has 1 saturated heterocycles. The lowest BCUT2D eigenvalue weighted by atomic mass is 10.1. The second kappa shape index (κ2) is 7.56. The summed E-state index contributed by atoms with van der Waals surface area (Å²) in [5, 5.41) is 2.35. The summed E-state index contributed by atoms with van der Waals surface area (Å²) >= 11 is 7.94. The molecular formula is C24H22ClN3OS.